The summed E-state index contributed by atoms with van der Waals surface area (Å²) in [6.07, 6.45) is 2.72. The number of esters is 1. The van der Waals surface area contributed by atoms with Crippen LogP contribution in [0.3, 0.4) is 0 Å². The molecule has 3 aromatic heterocycles. The molecule has 9 heteroatoms. The Kier molecular flexibility index (Phi) is 4.47. The zero-order valence-corrected chi connectivity index (χ0v) is 15.6. The van der Waals surface area contributed by atoms with E-state index in [1.165, 1.54) is 11.7 Å². The van der Waals surface area contributed by atoms with Gasteiger partial charge >= 0.3 is 11.7 Å². The Balaban J connectivity index is 2.31. The number of imidazole rings is 2. The van der Waals surface area contributed by atoms with Crippen LogP contribution in [0.15, 0.2) is 15.8 Å². The summed E-state index contributed by atoms with van der Waals surface area (Å²) in [6.45, 7) is 6.09. The van der Waals surface area contributed by atoms with Gasteiger partial charge in [-0.25, -0.2) is 4.79 Å². The van der Waals surface area contributed by atoms with Gasteiger partial charge in [-0.05, 0) is 20.3 Å². The monoisotopic (exact) mass is 361 g/mol. The topological polar surface area (TPSA) is 92.5 Å². The number of carbonyl (C=O) groups excluding carboxylic acids is 1. The molecule has 0 N–H and O–H groups in total. The molecule has 0 aromatic carbocycles. The lowest BCUT2D eigenvalue weighted by molar-refractivity contribution is -0.140. The lowest BCUT2D eigenvalue weighted by atomic mass is 10.2. The average Bonchev–Trinajstić information content (AvgIpc) is 3.13. The van der Waals surface area contributed by atoms with Gasteiger partial charge in [-0.2, -0.15) is 4.98 Å². The van der Waals surface area contributed by atoms with Crippen LogP contribution in [0, 0.1) is 6.92 Å². The highest BCUT2D eigenvalue weighted by molar-refractivity contribution is 5.76. The van der Waals surface area contributed by atoms with Crippen molar-refractivity contribution >= 4 is 22.9 Å². The summed E-state index contributed by atoms with van der Waals surface area (Å²) < 4.78 is 10.8. The van der Waals surface area contributed by atoms with E-state index < -0.39 is 17.2 Å². The zero-order chi connectivity index (χ0) is 19.2. The second kappa shape index (κ2) is 6.47. The molecule has 1 atom stereocenters. The Hall–Kier alpha value is -2.84. The minimum atomic E-state index is -0.501. The molecule has 0 spiro atoms. The molecule has 0 radical (unpaired) electrons. The van der Waals surface area contributed by atoms with Crippen molar-refractivity contribution in [1.82, 2.24) is 23.1 Å². The summed E-state index contributed by atoms with van der Waals surface area (Å²) in [5, 5.41) is 0. The van der Waals surface area contributed by atoms with Gasteiger partial charge in [0, 0.05) is 31.5 Å². The van der Waals surface area contributed by atoms with E-state index in [1.54, 1.807) is 11.4 Å². The van der Waals surface area contributed by atoms with Crippen LogP contribution in [0.2, 0.25) is 0 Å². The third-order valence-corrected chi connectivity index (χ3v) is 4.87. The van der Waals surface area contributed by atoms with Crippen LogP contribution in [0.4, 0.5) is 0 Å². The second-order valence-corrected chi connectivity index (χ2v) is 6.48. The number of nitrogens with zero attached hydrogens (tertiary/aromatic N) is 5. The van der Waals surface area contributed by atoms with Gasteiger partial charge < -0.3 is 9.30 Å². The molecule has 3 rings (SSSR count). The number of methoxy groups -OCH3 is 1. The van der Waals surface area contributed by atoms with Crippen molar-refractivity contribution in [2.24, 2.45) is 7.05 Å². The lowest BCUT2D eigenvalue weighted by Gasteiger charge is -2.12. The van der Waals surface area contributed by atoms with Gasteiger partial charge in [0.05, 0.1) is 13.5 Å². The van der Waals surface area contributed by atoms with Gasteiger partial charge in [-0.3, -0.25) is 23.1 Å². The van der Waals surface area contributed by atoms with Crippen LogP contribution in [0.5, 0.6) is 0 Å². The standard InChI is InChI=1S/C17H23N5O4/c1-6-10(2)22-11(3)9-21-13-14(18-16(21)22)19(4)17(25)20(15(13)24)8-7-12(23)26-5/h9-10H,6-8H2,1-5H3/t10-/m0/s1. The largest absolute Gasteiger partial charge is 0.469 e. The minimum absolute atomic E-state index is 0.0353. The molecule has 0 saturated carbocycles. The highest BCUT2D eigenvalue weighted by Gasteiger charge is 2.21. The molecule has 0 aliphatic heterocycles. The Morgan fingerprint density at radius 3 is 2.65 bits per heavy atom. The number of carbonyl (C=O) groups is 1. The molecule has 3 aromatic rings. The van der Waals surface area contributed by atoms with Crippen LogP contribution in [0.25, 0.3) is 16.9 Å². The maximum atomic E-state index is 13.0. The van der Waals surface area contributed by atoms with Crippen molar-refractivity contribution in [2.45, 2.75) is 46.2 Å². The Morgan fingerprint density at radius 1 is 1.35 bits per heavy atom. The molecule has 26 heavy (non-hydrogen) atoms. The first-order valence-corrected chi connectivity index (χ1v) is 8.58. The highest BCUT2D eigenvalue weighted by atomic mass is 16.5. The quantitative estimate of drug-likeness (QED) is 0.632. The molecule has 0 amide bonds. The number of hydrogen-bond acceptors (Lipinski definition) is 5. The van der Waals surface area contributed by atoms with E-state index in [4.69, 9.17) is 0 Å². The Bertz CT molecular complexity index is 1110. The molecular weight excluding hydrogens is 338 g/mol. The van der Waals surface area contributed by atoms with Gasteiger partial charge in [0.25, 0.3) is 5.56 Å². The fraction of sp³-hybridized carbons (Fsp3) is 0.529. The van der Waals surface area contributed by atoms with Crippen molar-refractivity contribution in [1.29, 1.82) is 0 Å². The number of fused-ring (bicyclic) bond motifs is 3. The molecule has 0 bridgehead atoms. The van der Waals surface area contributed by atoms with Gasteiger partial charge in [-0.15, -0.1) is 0 Å². The number of ether oxygens (including phenoxy) is 1. The summed E-state index contributed by atoms with van der Waals surface area (Å²) >= 11 is 0. The van der Waals surface area contributed by atoms with Gasteiger partial charge in [-0.1, -0.05) is 6.92 Å². The summed E-state index contributed by atoms with van der Waals surface area (Å²) in [6, 6.07) is 0.211. The van der Waals surface area contributed by atoms with E-state index in [1.807, 2.05) is 13.1 Å². The summed E-state index contributed by atoms with van der Waals surface area (Å²) in [7, 11) is 2.85. The van der Waals surface area contributed by atoms with Crippen LogP contribution >= 0.6 is 0 Å². The lowest BCUT2D eigenvalue weighted by Crippen LogP contribution is -2.39. The highest BCUT2D eigenvalue weighted by Crippen LogP contribution is 2.22. The molecule has 0 fully saturated rings. The minimum Gasteiger partial charge on any atom is -0.469 e. The van der Waals surface area contributed by atoms with E-state index in [0.717, 1.165) is 16.7 Å². The van der Waals surface area contributed by atoms with Crippen LogP contribution in [-0.2, 0) is 23.1 Å². The van der Waals surface area contributed by atoms with Crippen molar-refractivity contribution < 1.29 is 9.53 Å². The third kappa shape index (κ3) is 2.54. The van der Waals surface area contributed by atoms with Crippen LogP contribution in [0.1, 0.15) is 38.4 Å². The van der Waals surface area contributed by atoms with Crippen LogP contribution in [-0.4, -0.2) is 36.2 Å². The van der Waals surface area contributed by atoms with E-state index in [-0.39, 0.29) is 19.0 Å². The average molecular weight is 361 g/mol. The molecule has 3 heterocycles. The fourth-order valence-corrected chi connectivity index (χ4v) is 3.26. The molecule has 0 unspecified atom stereocenters. The van der Waals surface area contributed by atoms with Gasteiger partial charge in [0.1, 0.15) is 0 Å². The van der Waals surface area contributed by atoms with E-state index in [9.17, 15) is 14.4 Å². The number of aromatic nitrogens is 5. The maximum Gasteiger partial charge on any atom is 0.332 e. The first-order valence-electron chi connectivity index (χ1n) is 8.58. The third-order valence-electron chi connectivity index (χ3n) is 4.87. The van der Waals surface area contributed by atoms with Crippen molar-refractivity contribution in [3.8, 4) is 0 Å². The van der Waals surface area contributed by atoms with Crippen molar-refractivity contribution in [2.75, 3.05) is 7.11 Å². The molecule has 0 aliphatic carbocycles. The number of hydrogen-bond donors (Lipinski definition) is 0. The van der Waals surface area contributed by atoms with Crippen molar-refractivity contribution in [3.05, 3.63) is 32.7 Å². The predicted molar refractivity (Wildman–Crippen MR) is 96.6 cm³/mol. The van der Waals surface area contributed by atoms with Gasteiger partial charge in [0.2, 0.25) is 5.78 Å². The zero-order valence-electron chi connectivity index (χ0n) is 15.6. The maximum absolute atomic E-state index is 13.0. The molecule has 0 aliphatic rings. The Labute approximate surface area is 149 Å². The van der Waals surface area contributed by atoms with E-state index in [0.29, 0.717) is 16.9 Å². The summed E-state index contributed by atoms with van der Waals surface area (Å²) in [4.78, 5) is 41.5. The van der Waals surface area contributed by atoms with E-state index >= 15 is 0 Å². The van der Waals surface area contributed by atoms with Gasteiger partial charge in [0.15, 0.2) is 11.2 Å². The van der Waals surface area contributed by atoms with E-state index in [2.05, 4.69) is 28.1 Å². The normalized spacial score (nSPS) is 12.8. The molecule has 140 valence electrons. The summed E-state index contributed by atoms with van der Waals surface area (Å²) in [5.41, 5.74) is 0.691. The first kappa shape index (κ1) is 18.0. The fourth-order valence-electron chi connectivity index (χ4n) is 3.26. The predicted octanol–water partition coefficient (Wildman–Crippen LogP) is 0.992. The molecule has 0 saturated heterocycles. The van der Waals surface area contributed by atoms with Crippen LogP contribution < -0.4 is 11.2 Å². The first-order chi connectivity index (χ1) is 12.3. The number of aryl methyl sites for hydroxylation is 2. The Morgan fingerprint density at radius 2 is 2.04 bits per heavy atom. The summed E-state index contributed by atoms with van der Waals surface area (Å²) in [5.74, 6) is 0.154. The second-order valence-electron chi connectivity index (χ2n) is 6.48. The SMILES string of the molecule is CC[C@H](C)n1c(C)cn2c3c(=O)n(CCC(=O)OC)c(=O)n(C)c3nc12. The smallest absolute Gasteiger partial charge is 0.332 e. The number of rotatable bonds is 5. The molecule has 9 nitrogen and oxygen atoms in total. The van der Waals surface area contributed by atoms with Crippen molar-refractivity contribution in [3.63, 3.8) is 0 Å². The molecular formula is C17H23N5O4.